The fraction of sp³-hybridized carbons (Fsp3) is 0.571. The Kier molecular flexibility index (Phi) is 5.60. The van der Waals surface area contributed by atoms with Crippen LogP contribution in [0.15, 0.2) is 30.3 Å². The van der Waals surface area contributed by atoms with Crippen molar-refractivity contribution < 1.29 is 0 Å². The minimum atomic E-state index is 0. The third-order valence-corrected chi connectivity index (χ3v) is 2.53. The molecule has 0 unspecified atom stereocenters. The van der Waals surface area contributed by atoms with Crippen LogP contribution in [0.25, 0.3) is 0 Å². The summed E-state index contributed by atoms with van der Waals surface area (Å²) in [5, 5.41) is 0. The van der Waals surface area contributed by atoms with Crippen LogP contribution in [0.3, 0.4) is 0 Å². The zero-order valence-electron chi connectivity index (χ0n) is 11.1. The van der Waals surface area contributed by atoms with Crippen LogP contribution in [-0.2, 0) is 5.41 Å². The van der Waals surface area contributed by atoms with Gasteiger partial charge in [-0.1, -0.05) is 65.0 Å². The van der Waals surface area contributed by atoms with Gasteiger partial charge in [0.05, 0.1) is 0 Å². The first kappa shape index (κ1) is 15.2. The van der Waals surface area contributed by atoms with E-state index in [9.17, 15) is 0 Å². The van der Waals surface area contributed by atoms with Crippen molar-refractivity contribution in [2.24, 2.45) is 5.41 Å². The van der Waals surface area contributed by atoms with Crippen molar-refractivity contribution in [2.45, 2.75) is 46.5 Å². The van der Waals surface area contributed by atoms with E-state index in [-0.39, 0.29) is 35.0 Å². The van der Waals surface area contributed by atoms with Crippen molar-refractivity contribution >= 4 is 29.6 Å². The third-order valence-electron chi connectivity index (χ3n) is 2.53. The van der Waals surface area contributed by atoms with E-state index in [4.69, 9.17) is 0 Å². The molecule has 0 N–H and O–H groups in total. The fourth-order valence-electron chi connectivity index (χ4n) is 2.32. The van der Waals surface area contributed by atoms with Crippen molar-refractivity contribution in [1.29, 1.82) is 0 Å². The van der Waals surface area contributed by atoms with Gasteiger partial charge in [-0.3, -0.25) is 0 Å². The van der Waals surface area contributed by atoms with Crippen LogP contribution < -0.4 is 0 Å². The first-order valence-electron chi connectivity index (χ1n) is 5.37. The third kappa shape index (κ3) is 5.19. The van der Waals surface area contributed by atoms with Gasteiger partial charge >= 0.3 is 0 Å². The monoisotopic (exact) mass is 213 g/mol. The summed E-state index contributed by atoms with van der Waals surface area (Å²) in [5.74, 6) is 0. The minimum Gasteiger partial charge on any atom is -0.0622 e. The summed E-state index contributed by atoms with van der Waals surface area (Å²) in [6.07, 6.45) is 1.21. The van der Waals surface area contributed by atoms with E-state index >= 15 is 0 Å². The molecule has 1 radical (unpaired) electrons. The predicted octanol–water partition coefficient (Wildman–Crippen LogP) is 4.02. The molecule has 15 heavy (non-hydrogen) atoms. The second-order valence-electron chi connectivity index (χ2n) is 5.99. The molecule has 0 amide bonds. The van der Waals surface area contributed by atoms with Crippen LogP contribution in [0.4, 0.5) is 0 Å². The molecule has 1 rings (SSSR count). The molecule has 1 aromatic carbocycles. The Hall–Kier alpha value is 0.220. The molecule has 0 saturated heterocycles. The standard InChI is InChI=1S/C14H22.Na/c1-13(2,3)11-14(4,5)12-9-7-6-8-10-12;/h6-10H,11H2,1-5H3;. The summed E-state index contributed by atoms with van der Waals surface area (Å²) in [7, 11) is 0. The zero-order valence-corrected chi connectivity index (χ0v) is 13.1. The quantitative estimate of drug-likeness (QED) is 0.651. The molecule has 0 aliphatic rings. The summed E-state index contributed by atoms with van der Waals surface area (Å²) in [6, 6.07) is 10.8. The van der Waals surface area contributed by atoms with E-state index in [2.05, 4.69) is 65.0 Å². The van der Waals surface area contributed by atoms with E-state index in [1.807, 2.05) is 0 Å². The SMILES string of the molecule is CC(C)(C)CC(C)(C)c1ccccc1.[Na]. The van der Waals surface area contributed by atoms with Gasteiger partial charge in [-0.15, -0.1) is 0 Å². The maximum absolute atomic E-state index is 2.33. The molecule has 0 nitrogen and oxygen atoms in total. The van der Waals surface area contributed by atoms with Gasteiger partial charge in [-0.2, -0.15) is 0 Å². The van der Waals surface area contributed by atoms with Crippen molar-refractivity contribution in [3.05, 3.63) is 35.9 Å². The van der Waals surface area contributed by atoms with E-state index in [1.54, 1.807) is 0 Å². The largest absolute Gasteiger partial charge is 0.0622 e. The van der Waals surface area contributed by atoms with Crippen LogP contribution in [0.1, 0.15) is 46.6 Å². The zero-order chi connectivity index (χ0) is 10.8. The summed E-state index contributed by atoms with van der Waals surface area (Å²) in [6.45, 7) is 11.6. The van der Waals surface area contributed by atoms with Gasteiger partial charge in [0.15, 0.2) is 0 Å². The molecule has 1 heteroatoms. The fourth-order valence-corrected chi connectivity index (χ4v) is 2.32. The first-order chi connectivity index (χ1) is 6.31. The van der Waals surface area contributed by atoms with E-state index < -0.39 is 0 Å². The minimum absolute atomic E-state index is 0. The van der Waals surface area contributed by atoms with E-state index in [0.29, 0.717) is 5.41 Å². The van der Waals surface area contributed by atoms with Gasteiger partial charge in [-0.05, 0) is 22.8 Å². The molecule has 0 aliphatic heterocycles. The molecular weight excluding hydrogens is 191 g/mol. The Morgan fingerprint density at radius 3 is 1.73 bits per heavy atom. The Labute approximate surface area is 117 Å². The summed E-state index contributed by atoms with van der Waals surface area (Å²) < 4.78 is 0. The second-order valence-corrected chi connectivity index (χ2v) is 5.99. The van der Waals surface area contributed by atoms with Gasteiger partial charge < -0.3 is 0 Å². The van der Waals surface area contributed by atoms with Gasteiger partial charge in [0.25, 0.3) is 0 Å². The number of hydrogen-bond acceptors (Lipinski definition) is 0. The van der Waals surface area contributed by atoms with Crippen LogP contribution in [0.5, 0.6) is 0 Å². The van der Waals surface area contributed by atoms with Crippen molar-refractivity contribution in [3.63, 3.8) is 0 Å². The van der Waals surface area contributed by atoms with Crippen molar-refractivity contribution in [1.82, 2.24) is 0 Å². The van der Waals surface area contributed by atoms with Crippen LogP contribution in [0.2, 0.25) is 0 Å². The Morgan fingerprint density at radius 2 is 1.33 bits per heavy atom. The van der Waals surface area contributed by atoms with Gasteiger partial charge in [0.2, 0.25) is 0 Å². The molecule has 0 aromatic heterocycles. The average Bonchev–Trinajstić information content (AvgIpc) is 2.01. The first-order valence-corrected chi connectivity index (χ1v) is 5.37. The van der Waals surface area contributed by atoms with Gasteiger partial charge in [0, 0.05) is 29.6 Å². The molecule has 0 aliphatic carbocycles. The molecule has 0 bridgehead atoms. The molecular formula is C14H22Na. The van der Waals surface area contributed by atoms with E-state index in [1.165, 1.54) is 12.0 Å². The van der Waals surface area contributed by atoms with Crippen molar-refractivity contribution in [3.8, 4) is 0 Å². The number of rotatable bonds is 2. The van der Waals surface area contributed by atoms with E-state index in [0.717, 1.165) is 0 Å². The number of benzene rings is 1. The normalized spacial score (nSPS) is 12.1. The molecule has 0 heterocycles. The summed E-state index contributed by atoms with van der Waals surface area (Å²) >= 11 is 0. The molecule has 0 saturated carbocycles. The topological polar surface area (TPSA) is 0 Å². The van der Waals surface area contributed by atoms with Crippen LogP contribution in [-0.4, -0.2) is 29.6 Å². The Morgan fingerprint density at radius 1 is 0.867 bits per heavy atom. The Bertz CT molecular complexity index is 280. The predicted molar refractivity (Wildman–Crippen MR) is 69.3 cm³/mol. The molecule has 79 valence electrons. The van der Waals surface area contributed by atoms with Crippen LogP contribution in [0, 0.1) is 5.41 Å². The maximum Gasteiger partial charge on any atom is 0 e. The molecule has 1 aromatic rings. The maximum atomic E-state index is 2.33. The van der Waals surface area contributed by atoms with Crippen molar-refractivity contribution in [2.75, 3.05) is 0 Å². The van der Waals surface area contributed by atoms with Crippen LogP contribution >= 0.6 is 0 Å². The molecule has 0 spiro atoms. The van der Waals surface area contributed by atoms with Gasteiger partial charge in [0.1, 0.15) is 0 Å². The molecule has 0 fully saturated rings. The second kappa shape index (κ2) is 5.52. The summed E-state index contributed by atoms with van der Waals surface area (Å²) in [4.78, 5) is 0. The average molecular weight is 213 g/mol. The summed E-state index contributed by atoms with van der Waals surface area (Å²) in [5.41, 5.74) is 2.11. The molecule has 0 atom stereocenters. The van der Waals surface area contributed by atoms with Gasteiger partial charge in [-0.25, -0.2) is 0 Å². The Balaban J connectivity index is 0.00000196. The number of hydrogen-bond donors (Lipinski definition) is 0. The smallest absolute Gasteiger partial charge is 0 e.